The molecule has 1 saturated heterocycles. The SMILES string of the molecule is COc1ccc(-c2cnc3n2C[C@]2(CCN(Cc4cccnc4)C2)OC3)cc1. The summed E-state index contributed by atoms with van der Waals surface area (Å²) in [4.78, 5) is 11.3. The fourth-order valence-electron chi connectivity index (χ4n) is 4.31. The van der Waals surface area contributed by atoms with Crippen LogP contribution in [0, 0.1) is 0 Å². The number of likely N-dealkylation sites (tertiary alicyclic amines) is 1. The molecule has 0 unspecified atom stereocenters. The summed E-state index contributed by atoms with van der Waals surface area (Å²) in [7, 11) is 1.69. The number of rotatable bonds is 4. The van der Waals surface area contributed by atoms with E-state index < -0.39 is 0 Å². The smallest absolute Gasteiger partial charge is 0.135 e. The Labute approximate surface area is 164 Å². The first-order valence-corrected chi connectivity index (χ1v) is 9.69. The van der Waals surface area contributed by atoms with E-state index >= 15 is 0 Å². The van der Waals surface area contributed by atoms with Crippen LogP contribution in [0.4, 0.5) is 0 Å². The highest BCUT2D eigenvalue weighted by atomic mass is 16.5. The van der Waals surface area contributed by atoms with Crippen LogP contribution in [-0.4, -0.2) is 45.2 Å². The van der Waals surface area contributed by atoms with E-state index in [4.69, 9.17) is 9.47 Å². The number of aromatic nitrogens is 3. The normalized spacial score (nSPS) is 21.8. The minimum atomic E-state index is -0.142. The van der Waals surface area contributed by atoms with E-state index in [0.717, 1.165) is 55.4 Å². The first-order valence-electron chi connectivity index (χ1n) is 9.69. The Morgan fingerprint density at radius 1 is 1.14 bits per heavy atom. The van der Waals surface area contributed by atoms with E-state index in [1.165, 1.54) is 5.56 Å². The second-order valence-electron chi connectivity index (χ2n) is 7.67. The van der Waals surface area contributed by atoms with Crippen LogP contribution in [0.2, 0.25) is 0 Å². The third kappa shape index (κ3) is 3.19. The van der Waals surface area contributed by atoms with Gasteiger partial charge in [0.2, 0.25) is 0 Å². The zero-order valence-electron chi connectivity index (χ0n) is 16.0. The van der Waals surface area contributed by atoms with Crippen molar-refractivity contribution in [2.75, 3.05) is 20.2 Å². The third-order valence-corrected chi connectivity index (χ3v) is 5.80. The number of imidazole rings is 1. The molecule has 0 bridgehead atoms. The van der Waals surface area contributed by atoms with Gasteiger partial charge in [-0.25, -0.2) is 4.98 Å². The summed E-state index contributed by atoms with van der Waals surface area (Å²) >= 11 is 0. The Balaban J connectivity index is 1.35. The van der Waals surface area contributed by atoms with Gasteiger partial charge in [0.05, 0.1) is 25.5 Å². The molecule has 1 atom stereocenters. The molecule has 2 aromatic heterocycles. The van der Waals surface area contributed by atoms with Gasteiger partial charge >= 0.3 is 0 Å². The molecule has 3 aromatic rings. The second kappa shape index (κ2) is 7.04. The van der Waals surface area contributed by atoms with Crippen molar-refractivity contribution in [3.63, 3.8) is 0 Å². The number of hydrogen-bond donors (Lipinski definition) is 0. The molecule has 144 valence electrons. The fraction of sp³-hybridized carbons (Fsp3) is 0.364. The van der Waals surface area contributed by atoms with Crippen molar-refractivity contribution in [1.82, 2.24) is 19.4 Å². The van der Waals surface area contributed by atoms with Crippen molar-refractivity contribution in [2.45, 2.75) is 31.7 Å². The predicted octanol–water partition coefficient (Wildman–Crippen LogP) is 3.13. The van der Waals surface area contributed by atoms with Crippen molar-refractivity contribution < 1.29 is 9.47 Å². The summed E-state index contributed by atoms with van der Waals surface area (Å²) < 4.78 is 14.0. The molecule has 5 rings (SSSR count). The van der Waals surface area contributed by atoms with Crippen LogP contribution in [-0.2, 0) is 24.4 Å². The minimum Gasteiger partial charge on any atom is -0.497 e. The topological polar surface area (TPSA) is 52.4 Å². The van der Waals surface area contributed by atoms with Crippen LogP contribution < -0.4 is 4.74 Å². The van der Waals surface area contributed by atoms with Gasteiger partial charge in [-0.1, -0.05) is 6.07 Å². The second-order valence-corrected chi connectivity index (χ2v) is 7.67. The van der Waals surface area contributed by atoms with Crippen molar-refractivity contribution in [1.29, 1.82) is 0 Å². The number of pyridine rings is 1. The zero-order valence-corrected chi connectivity index (χ0v) is 16.0. The number of nitrogens with zero attached hydrogens (tertiary/aromatic N) is 4. The van der Waals surface area contributed by atoms with Crippen molar-refractivity contribution in [2.24, 2.45) is 0 Å². The third-order valence-electron chi connectivity index (χ3n) is 5.80. The largest absolute Gasteiger partial charge is 0.497 e. The molecule has 28 heavy (non-hydrogen) atoms. The molecule has 2 aliphatic rings. The Morgan fingerprint density at radius 2 is 2.04 bits per heavy atom. The maximum Gasteiger partial charge on any atom is 0.135 e. The Kier molecular flexibility index (Phi) is 4.37. The van der Waals surface area contributed by atoms with Crippen LogP contribution in [0.15, 0.2) is 55.0 Å². The molecule has 1 spiro atoms. The molecule has 2 aliphatic heterocycles. The molecular formula is C22H24N4O2. The average Bonchev–Trinajstić information content (AvgIpc) is 3.33. The molecule has 1 aromatic carbocycles. The predicted molar refractivity (Wildman–Crippen MR) is 106 cm³/mol. The maximum atomic E-state index is 6.35. The fourth-order valence-corrected chi connectivity index (χ4v) is 4.31. The zero-order chi connectivity index (χ0) is 19.0. The molecule has 6 heteroatoms. The van der Waals surface area contributed by atoms with Gasteiger partial charge in [0, 0.05) is 37.6 Å². The maximum absolute atomic E-state index is 6.35. The number of ether oxygens (including phenoxy) is 2. The van der Waals surface area contributed by atoms with Crippen LogP contribution in [0.5, 0.6) is 5.75 Å². The van der Waals surface area contributed by atoms with Gasteiger partial charge in [0.25, 0.3) is 0 Å². The highest BCUT2D eigenvalue weighted by Crippen LogP contribution is 2.35. The molecule has 4 heterocycles. The van der Waals surface area contributed by atoms with E-state index in [0.29, 0.717) is 6.61 Å². The van der Waals surface area contributed by atoms with E-state index in [2.05, 4.69) is 37.6 Å². The lowest BCUT2D eigenvalue weighted by molar-refractivity contribution is -0.0821. The highest BCUT2D eigenvalue weighted by molar-refractivity contribution is 5.60. The molecule has 0 aliphatic carbocycles. The average molecular weight is 376 g/mol. The summed E-state index contributed by atoms with van der Waals surface area (Å²) in [5.74, 6) is 1.87. The quantitative estimate of drug-likeness (QED) is 0.700. The summed E-state index contributed by atoms with van der Waals surface area (Å²) in [6.45, 7) is 4.30. The van der Waals surface area contributed by atoms with Crippen molar-refractivity contribution >= 4 is 0 Å². The van der Waals surface area contributed by atoms with Gasteiger partial charge in [-0.05, 0) is 42.3 Å². The lowest BCUT2D eigenvalue weighted by atomic mass is 10.0. The van der Waals surface area contributed by atoms with Gasteiger partial charge in [0.15, 0.2) is 0 Å². The minimum absolute atomic E-state index is 0.142. The Bertz CT molecular complexity index is 954. The highest BCUT2D eigenvalue weighted by Gasteiger charge is 2.43. The molecule has 0 radical (unpaired) electrons. The first kappa shape index (κ1) is 17.4. The Morgan fingerprint density at radius 3 is 2.82 bits per heavy atom. The lowest BCUT2D eigenvalue weighted by Crippen LogP contribution is -2.44. The van der Waals surface area contributed by atoms with Gasteiger partial charge < -0.3 is 14.0 Å². The van der Waals surface area contributed by atoms with Crippen molar-refractivity contribution in [3.8, 4) is 17.0 Å². The summed E-state index contributed by atoms with van der Waals surface area (Å²) in [5.41, 5.74) is 3.40. The summed E-state index contributed by atoms with van der Waals surface area (Å²) in [5, 5.41) is 0. The van der Waals surface area contributed by atoms with Crippen molar-refractivity contribution in [3.05, 3.63) is 66.4 Å². The lowest BCUT2D eigenvalue weighted by Gasteiger charge is -2.35. The van der Waals surface area contributed by atoms with Crippen LogP contribution in [0.3, 0.4) is 0 Å². The molecule has 0 saturated carbocycles. The molecular weight excluding hydrogens is 352 g/mol. The standard InChI is InChI=1S/C22H24N4O2/c1-27-19-6-4-18(5-7-19)20-12-24-21-14-28-22(16-26(20)21)8-10-25(15-22)13-17-3-2-9-23-11-17/h2-7,9,11-12H,8,10,13-16H2,1H3/t22-/m1/s1. The molecule has 0 N–H and O–H groups in total. The summed E-state index contributed by atoms with van der Waals surface area (Å²) in [6, 6.07) is 12.3. The number of methoxy groups -OCH3 is 1. The van der Waals surface area contributed by atoms with Crippen LogP contribution in [0.1, 0.15) is 17.8 Å². The van der Waals surface area contributed by atoms with E-state index in [1.54, 1.807) is 7.11 Å². The first-order chi connectivity index (χ1) is 13.7. The van der Waals surface area contributed by atoms with Gasteiger partial charge in [-0.3, -0.25) is 9.88 Å². The molecule has 0 amide bonds. The monoisotopic (exact) mass is 376 g/mol. The van der Waals surface area contributed by atoms with E-state index in [1.807, 2.05) is 36.8 Å². The van der Waals surface area contributed by atoms with Gasteiger partial charge in [-0.2, -0.15) is 0 Å². The molecule has 6 nitrogen and oxygen atoms in total. The number of hydrogen-bond acceptors (Lipinski definition) is 5. The number of fused-ring (bicyclic) bond motifs is 1. The van der Waals surface area contributed by atoms with E-state index in [9.17, 15) is 0 Å². The number of benzene rings is 1. The van der Waals surface area contributed by atoms with E-state index in [-0.39, 0.29) is 5.60 Å². The van der Waals surface area contributed by atoms with Crippen LogP contribution in [0.25, 0.3) is 11.3 Å². The van der Waals surface area contributed by atoms with Gasteiger partial charge in [-0.15, -0.1) is 0 Å². The summed E-state index contributed by atoms with van der Waals surface area (Å²) in [6.07, 6.45) is 6.76. The Hall–Kier alpha value is -2.70. The van der Waals surface area contributed by atoms with Crippen LogP contribution >= 0.6 is 0 Å². The molecule has 1 fully saturated rings. The van der Waals surface area contributed by atoms with Gasteiger partial charge in [0.1, 0.15) is 23.8 Å².